The third-order valence-electron chi connectivity index (χ3n) is 2.06. The Balaban J connectivity index is 3.39. The molecule has 0 radical (unpaired) electrons. The van der Waals surface area contributed by atoms with Crippen molar-refractivity contribution in [3.8, 4) is 0 Å². The summed E-state index contributed by atoms with van der Waals surface area (Å²) in [7, 11) is 2.20. The topological polar surface area (TPSA) is 121 Å². The highest BCUT2D eigenvalue weighted by atomic mass is 35.5. The molecule has 0 saturated heterocycles. The van der Waals surface area contributed by atoms with Crippen molar-refractivity contribution < 1.29 is 24.5 Å². The summed E-state index contributed by atoms with van der Waals surface area (Å²) < 4.78 is 0.0636. The van der Waals surface area contributed by atoms with Gasteiger partial charge >= 0.3 is 18.1 Å². The first-order valence-corrected chi connectivity index (χ1v) is 4.87. The molecule has 2 amide bonds. The van der Waals surface area contributed by atoms with Gasteiger partial charge in [-0.05, 0) is 11.6 Å². The smallest absolute Gasteiger partial charge is 0.460 e. The van der Waals surface area contributed by atoms with Crippen LogP contribution < -0.4 is 14.5 Å². The molecule has 2 N–H and O–H groups in total. The van der Waals surface area contributed by atoms with E-state index in [1.54, 1.807) is 0 Å². The number of rotatable bonds is 2. The molecule has 0 aliphatic rings. The van der Waals surface area contributed by atoms with Gasteiger partial charge in [0.25, 0.3) is 0 Å². The van der Waals surface area contributed by atoms with Crippen molar-refractivity contribution in [2.24, 2.45) is 0 Å². The number of carbonyl (C=O) groups is 2. The molecule has 0 saturated carbocycles. The first-order valence-electron chi connectivity index (χ1n) is 4.49. The van der Waals surface area contributed by atoms with E-state index in [9.17, 15) is 14.8 Å². The molecule has 0 atom stereocenters. The highest BCUT2D eigenvalue weighted by molar-refractivity contribution is 6.29. The van der Waals surface area contributed by atoms with Gasteiger partial charge in [0.15, 0.2) is 5.15 Å². The van der Waals surface area contributed by atoms with Gasteiger partial charge in [-0.25, -0.2) is 19.2 Å². The van der Waals surface area contributed by atoms with Gasteiger partial charge in [0.2, 0.25) is 5.82 Å². The highest BCUT2D eigenvalue weighted by Crippen LogP contribution is 2.17. The Bertz CT molecular complexity index is 467. The van der Waals surface area contributed by atoms with Crippen molar-refractivity contribution in [3.63, 3.8) is 0 Å². The molecule has 10 heteroatoms. The van der Waals surface area contributed by atoms with Crippen molar-refractivity contribution >= 4 is 35.6 Å². The molecule has 0 aliphatic heterocycles. The normalized spacial score (nSPS) is 9.94. The van der Waals surface area contributed by atoms with Crippen molar-refractivity contribution in [3.05, 3.63) is 16.4 Å². The van der Waals surface area contributed by atoms with Crippen LogP contribution in [0.3, 0.4) is 0 Å². The molecule has 0 fully saturated rings. The van der Waals surface area contributed by atoms with Crippen LogP contribution in [0.2, 0.25) is 5.15 Å². The van der Waals surface area contributed by atoms with E-state index in [-0.39, 0.29) is 15.7 Å². The number of hydrogen-bond acceptors (Lipinski definition) is 4. The average molecular weight is 277 g/mol. The van der Waals surface area contributed by atoms with Crippen molar-refractivity contribution in [2.75, 3.05) is 23.9 Å². The highest BCUT2D eigenvalue weighted by Gasteiger charge is 2.25. The largest absolute Gasteiger partial charge is 0.754 e. The SMILES string of the molecule is CN(C(=O)O)c1cc(Cl)nc(N(C)C(=O)O)[n+]1[O-]. The number of anilines is 2. The summed E-state index contributed by atoms with van der Waals surface area (Å²) in [5.74, 6) is -0.899. The van der Waals surface area contributed by atoms with Gasteiger partial charge in [-0.2, -0.15) is 4.90 Å². The van der Waals surface area contributed by atoms with Crippen LogP contribution in [-0.2, 0) is 0 Å². The van der Waals surface area contributed by atoms with E-state index < -0.39 is 18.1 Å². The fourth-order valence-corrected chi connectivity index (χ4v) is 1.24. The number of hydrogen-bond donors (Lipinski definition) is 2. The van der Waals surface area contributed by atoms with Crippen LogP contribution in [0.1, 0.15) is 0 Å². The average Bonchev–Trinajstić information content (AvgIpc) is 2.29. The van der Waals surface area contributed by atoms with E-state index in [2.05, 4.69) is 4.98 Å². The molecule has 1 rings (SSSR count). The van der Waals surface area contributed by atoms with Gasteiger partial charge in [-0.1, -0.05) is 4.98 Å². The fraction of sp³-hybridized carbons (Fsp3) is 0.250. The zero-order valence-corrected chi connectivity index (χ0v) is 10.1. The van der Waals surface area contributed by atoms with Crippen LogP contribution >= 0.6 is 11.6 Å². The standard InChI is InChI=1S/C8H9ClN4O5/c1-11(7(14)15)5-3-4(9)10-6(13(5)18)12(2)8(16)17/h3H,1-2H3,(H,14,15)(H,16,17). The molecular formula is C8H9ClN4O5. The monoisotopic (exact) mass is 276 g/mol. The Morgan fingerprint density at radius 2 is 1.83 bits per heavy atom. The van der Waals surface area contributed by atoms with Gasteiger partial charge in [0.05, 0.1) is 20.2 Å². The summed E-state index contributed by atoms with van der Waals surface area (Å²) in [5.41, 5.74) is 0. The van der Waals surface area contributed by atoms with Crippen LogP contribution in [0.5, 0.6) is 0 Å². The Labute approximate surface area is 106 Å². The van der Waals surface area contributed by atoms with E-state index in [4.69, 9.17) is 21.8 Å². The van der Waals surface area contributed by atoms with E-state index in [0.717, 1.165) is 20.2 Å². The quantitative estimate of drug-likeness (QED) is 0.463. The van der Waals surface area contributed by atoms with Crippen molar-refractivity contribution in [2.45, 2.75) is 0 Å². The second-order valence-electron chi connectivity index (χ2n) is 3.21. The first-order chi connectivity index (χ1) is 8.25. The van der Waals surface area contributed by atoms with Gasteiger partial charge in [-0.15, -0.1) is 0 Å². The molecule has 1 aromatic heterocycles. The van der Waals surface area contributed by atoms with Gasteiger partial charge in [0.1, 0.15) is 0 Å². The summed E-state index contributed by atoms with van der Waals surface area (Å²) in [6, 6.07) is 1.02. The summed E-state index contributed by atoms with van der Waals surface area (Å²) >= 11 is 5.62. The molecule has 0 aliphatic carbocycles. The van der Waals surface area contributed by atoms with Crippen molar-refractivity contribution in [1.82, 2.24) is 4.98 Å². The zero-order valence-electron chi connectivity index (χ0n) is 9.36. The van der Waals surface area contributed by atoms with Gasteiger partial charge < -0.3 is 15.4 Å². The van der Waals surface area contributed by atoms with Crippen LogP contribution in [0.4, 0.5) is 21.4 Å². The second kappa shape index (κ2) is 4.92. The predicted octanol–water partition coefficient (Wildman–Crippen LogP) is 0.597. The minimum Gasteiger partial charge on any atom is -0.754 e. The van der Waals surface area contributed by atoms with E-state index in [1.165, 1.54) is 0 Å². The van der Waals surface area contributed by atoms with Crippen LogP contribution in [0.25, 0.3) is 0 Å². The number of nitrogens with zero attached hydrogens (tertiary/aromatic N) is 4. The zero-order chi connectivity index (χ0) is 14.0. The summed E-state index contributed by atoms with van der Waals surface area (Å²) in [6.45, 7) is 0. The third kappa shape index (κ3) is 2.51. The minimum absolute atomic E-state index is 0.0636. The maximum absolute atomic E-state index is 11.8. The number of aromatic nitrogens is 2. The molecule has 1 heterocycles. The van der Waals surface area contributed by atoms with Crippen molar-refractivity contribution in [1.29, 1.82) is 0 Å². The van der Waals surface area contributed by atoms with E-state index in [1.807, 2.05) is 0 Å². The maximum Gasteiger partial charge on any atom is 0.460 e. The second-order valence-corrected chi connectivity index (χ2v) is 3.60. The summed E-state index contributed by atoms with van der Waals surface area (Å²) in [4.78, 5) is 26.2. The number of carboxylic acid groups (broad SMARTS) is 2. The minimum atomic E-state index is -1.43. The molecule has 18 heavy (non-hydrogen) atoms. The fourth-order valence-electron chi connectivity index (χ4n) is 1.07. The lowest BCUT2D eigenvalue weighted by Crippen LogP contribution is -2.45. The Kier molecular flexibility index (Phi) is 3.76. The van der Waals surface area contributed by atoms with E-state index in [0.29, 0.717) is 9.80 Å². The molecule has 1 aromatic rings. The molecule has 0 bridgehead atoms. The van der Waals surface area contributed by atoms with Crippen LogP contribution in [0.15, 0.2) is 6.07 Å². The molecule has 0 spiro atoms. The van der Waals surface area contributed by atoms with E-state index >= 15 is 0 Å². The van der Waals surface area contributed by atoms with Gasteiger partial charge in [0, 0.05) is 0 Å². The molecule has 0 unspecified atom stereocenters. The first kappa shape index (κ1) is 13.8. The van der Waals surface area contributed by atoms with Crippen LogP contribution in [-0.4, -0.2) is 41.5 Å². The summed E-state index contributed by atoms with van der Waals surface area (Å²) in [5, 5.41) is 29.1. The molecular weight excluding hydrogens is 268 g/mol. The Hall–Kier alpha value is -2.29. The lowest BCUT2D eigenvalue weighted by atomic mass is 10.5. The number of halogens is 1. The molecule has 98 valence electrons. The predicted molar refractivity (Wildman–Crippen MR) is 61.1 cm³/mol. The summed E-state index contributed by atoms with van der Waals surface area (Å²) in [6.07, 6.45) is -2.83. The molecule has 9 nitrogen and oxygen atoms in total. The molecule has 0 aromatic carbocycles. The Morgan fingerprint density at radius 3 is 2.28 bits per heavy atom. The Morgan fingerprint density at radius 1 is 1.33 bits per heavy atom. The maximum atomic E-state index is 11.8. The lowest BCUT2D eigenvalue weighted by molar-refractivity contribution is -0.580. The van der Waals surface area contributed by atoms with Crippen LogP contribution in [0, 0.1) is 5.21 Å². The third-order valence-corrected chi connectivity index (χ3v) is 2.26. The number of amides is 2. The van der Waals surface area contributed by atoms with Gasteiger partial charge in [-0.3, -0.25) is 0 Å². The lowest BCUT2D eigenvalue weighted by Gasteiger charge is -2.20.